The van der Waals surface area contributed by atoms with E-state index in [0.29, 0.717) is 0 Å². The summed E-state index contributed by atoms with van der Waals surface area (Å²) < 4.78 is 7.08. The van der Waals surface area contributed by atoms with Crippen molar-refractivity contribution in [3.63, 3.8) is 0 Å². The van der Waals surface area contributed by atoms with E-state index >= 15 is 0 Å². The molecule has 0 N–H and O–H groups in total. The van der Waals surface area contributed by atoms with Crippen LogP contribution >= 0.6 is 15.9 Å². The van der Waals surface area contributed by atoms with E-state index in [1.54, 1.807) is 0 Å². The molecular formula is C14H12BrOSi. The Kier molecular flexibility index (Phi) is 2.60. The van der Waals surface area contributed by atoms with Gasteiger partial charge >= 0.3 is 0 Å². The van der Waals surface area contributed by atoms with Crippen molar-refractivity contribution in [3.05, 3.63) is 40.9 Å². The third kappa shape index (κ3) is 1.65. The number of benzene rings is 2. The lowest BCUT2D eigenvalue weighted by atomic mass is 10.1. The van der Waals surface area contributed by atoms with Gasteiger partial charge in [0.25, 0.3) is 0 Å². The summed E-state index contributed by atoms with van der Waals surface area (Å²) in [6.07, 6.45) is 0. The molecule has 0 aliphatic carbocycles. The topological polar surface area (TPSA) is 13.1 Å². The van der Waals surface area contributed by atoms with Gasteiger partial charge in [0.05, 0.1) is 13.3 Å². The molecule has 1 radical (unpaired) electrons. The Bertz CT molecular complexity index is 700. The maximum atomic E-state index is 6.05. The molecule has 0 saturated carbocycles. The Morgan fingerprint density at radius 2 is 1.59 bits per heavy atom. The van der Waals surface area contributed by atoms with E-state index in [0.717, 1.165) is 15.6 Å². The average Bonchev–Trinajstić information content (AvgIpc) is 2.69. The summed E-state index contributed by atoms with van der Waals surface area (Å²) in [6, 6.07) is 12.7. The molecule has 3 rings (SSSR count). The first-order chi connectivity index (χ1) is 8.18. The molecule has 0 amide bonds. The van der Waals surface area contributed by atoms with Crippen LogP contribution in [0, 0.1) is 0 Å². The third-order valence-corrected chi connectivity index (χ3v) is 5.11. The Balaban J connectivity index is 2.51. The van der Waals surface area contributed by atoms with E-state index in [1.807, 2.05) is 6.07 Å². The van der Waals surface area contributed by atoms with Crippen molar-refractivity contribution in [2.75, 3.05) is 0 Å². The summed E-state index contributed by atoms with van der Waals surface area (Å²) >= 11 is 3.55. The first-order valence-electron chi connectivity index (χ1n) is 5.59. The second-order valence-corrected chi connectivity index (χ2v) is 7.79. The molecule has 3 aromatic rings. The fourth-order valence-corrected chi connectivity index (χ4v) is 3.70. The average molecular weight is 304 g/mol. The molecular weight excluding hydrogens is 292 g/mol. The molecule has 1 heterocycles. The summed E-state index contributed by atoms with van der Waals surface area (Å²) in [5, 5.41) is 3.79. The number of para-hydroxylation sites is 2. The van der Waals surface area contributed by atoms with E-state index in [-0.39, 0.29) is 0 Å². The van der Waals surface area contributed by atoms with Gasteiger partial charge < -0.3 is 4.42 Å². The van der Waals surface area contributed by atoms with Crippen molar-refractivity contribution in [3.8, 4) is 0 Å². The number of halogens is 1. The molecule has 2 aromatic carbocycles. The van der Waals surface area contributed by atoms with Gasteiger partial charge in [0.1, 0.15) is 11.2 Å². The van der Waals surface area contributed by atoms with Gasteiger partial charge in [-0.2, -0.15) is 0 Å². The maximum absolute atomic E-state index is 6.05. The van der Waals surface area contributed by atoms with Crippen LogP contribution in [-0.2, 0) is 0 Å². The van der Waals surface area contributed by atoms with Crippen LogP contribution in [-0.4, -0.2) is 8.80 Å². The molecule has 0 unspecified atom stereocenters. The SMILES string of the molecule is C[Si](C)c1cccc2c1oc1c(Br)cccc12. The molecule has 0 atom stereocenters. The van der Waals surface area contributed by atoms with Crippen LogP contribution < -0.4 is 5.19 Å². The zero-order valence-corrected chi connectivity index (χ0v) is 12.3. The Morgan fingerprint density at radius 3 is 2.29 bits per heavy atom. The Hall–Kier alpha value is -1.06. The van der Waals surface area contributed by atoms with E-state index in [1.165, 1.54) is 16.0 Å². The highest BCUT2D eigenvalue weighted by atomic mass is 79.9. The van der Waals surface area contributed by atoms with Crippen molar-refractivity contribution in [1.29, 1.82) is 0 Å². The highest BCUT2D eigenvalue weighted by Crippen LogP contribution is 2.32. The maximum Gasteiger partial charge on any atom is 0.149 e. The van der Waals surface area contributed by atoms with Gasteiger partial charge in [-0.25, -0.2) is 0 Å². The van der Waals surface area contributed by atoms with E-state index in [2.05, 4.69) is 59.4 Å². The molecule has 3 heteroatoms. The van der Waals surface area contributed by atoms with Crippen LogP contribution in [0.3, 0.4) is 0 Å². The zero-order valence-electron chi connectivity index (χ0n) is 9.75. The first-order valence-corrected chi connectivity index (χ1v) is 8.88. The first kappa shape index (κ1) is 11.1. The molecule has 17 heavy (non-hydrogen) atoms. The standard InChI is InChI=1S/C14H12BrOSi/c1-17(2)12-8-4-6-10-9-5-3-7-11(15)13(9)16-14(10)12/h3-8H,1-2H3. The van der Waals surface area contributed by atoms with Gasteiger partial charge in [0, 0.05) is 10.8 Å². The zero-order chi connectivity index (χ0) is 12.0. The van der Waals surface area contributed by atoms with E-state index < -0.39 is 8.80 Å². The predicted octanol–water partition coefficient (Wildman–Crippen LogP) is 4.31. The van der Waals surface area contributed by atoms with Gasteiger partial charge in [-0.3, -0.25) is 0 Å². The summed E-state index contributed by atoms with van der Waals surface area (Å²) in [6.45, 7) is 4.59. The van der Waals surface area contributed by atoms with Gasteiger partial charge in [-0.05, 0) is 27.2 Å². The third-order valence-electron chi connectivity index (χ3n) is 3.01. The van der Waals surface area contributed by atoms with Gasteiger partial charge in [0.2, 0.25) is 0 Å². The quantitative estimate of drug-likeness (QED) is 0.611. The van der Waals surface area contributed by atoms with E-state index in [4.69, 9.17) is 4.42 Å². The fraction of sp³-hybridized carbons (Fsp3) is 0.143. The largest absolute Gasteiger partial charge is 0.455 e. The van der Waals surface area contributed by atoms with E-state index in [9.17, 15) is 0 Å². The normalized spacial score (nSPS) is 11.8. The Morgan fingerprint density at radius 1 is 0.941 bits per heavy atom. The van der Waals surface area contributed by atoms with Crippen LogP contribution in [0.4, 0.5) is 0 Å². The van der Waals surface area contributed by atoms with Gasteiger partial charge in [-0.1, -0.05) is 43.4 Å². The number of hydrogen-bond acceptors (Lipinski definition) is 1. The fourth-order valence-electron chi connectivity index (χ4n) is 2.18. The molecule has 1 nitrogen and oxygen atoms in total. The molecule has 0 fully saturated rings. The number of hydrogen-bond donors (Lipinski definition) is 0. The van der Waals surface area contributed by atoms with Crippen LogP contribution in [0.2, 0.25) is 13.1 Å². The van der Waals surface area contributed by atoms with Gasteiger partial charge in [-0.15, -0.1) is 0 Å². The smallest absolute Gasteiger partial charge is 0.149 e. The van der Waals surface area contributed by atoms with Crippen molar-refractivity contribution in [2.45, 2.75) is 13.1 Å². The van der Waals surface area contributed by atoms with Crippen LogP contribution in [0.25, 0.3) is 21.9 Å². The minimum Gasteiger partial charge on any atom is -0.455 e. The van der Waals surface area contributed by atoms with Crippen LogP contribution in [0.5, 0.6) is 0 Å². The van der Waals surface area contributed by atoms with Crippen molar-refractivity contribution in [2.24, 2.45) is 0 Å². The summed E-state index contributed by atoms with van der Waals surface area (Å²) in [5.74, 6) is 0. The molecule has 1 aromatic heterocycles. The summed E-state index contributed by atoms with van der Waals surface area (Å²) in [7, 11) is -0.506. The molecule has 0 spiro atoms. The highest BCUT2D eigenvalue weighted by Gasteiger charge is 2.14. The number of furan rings is 1. The minimum absolute atomic E-state index is 0.506. The molecule has 0 aliphatic rings. The lowest BCUT2D eigenvalue weighted by Crippen LogP contribution is -2.22. The lowest BCUT2D eigenvalue weighted by molar-refractivity contribution is 0.669. The second-order valence-electron chi connectivity index (χ2n) is 4.40. The highest BCUT2D eigenvalue weighted by molar-refractivity contribution is 9.10. The second kappa shape index (κ2) is 4.00. The molecule has 0 saturated heterocycles. The van der Waals surface area contributed by atoms with Crippen LogP contribution in [0.15, 0.2) is 45.3 Å². The predicted molar refractivity (Wildman–Crippen MR) is 78.5 cm³/mol. The minimum atomic E-state index is -0.506. The molecule has 85 valence electrons. The molecule has 0 aliphatic heterocycles. The summed E-state index contributed by atoms with van der Waals surface area (Å²) in [4.78, 5) is 0. The van der Waals surface area contributed by atoms with Crippen molar-refractivity contribution < 1.29 is 4.42 Å². The molecule has 0 bridgehead atoms. The summed E-state index contributed by atoms with van der Waals surface area (Å²) in [5.41, 5.74) is 2.02. The number of rotatable bonds is 1. The Labute approximate surface area is 110 Å². The lowest BCUT2D eigenvalue weighted by Gasteiger charge is -2.02. The van der Waals surface area contributed by atoms with Crippen molar-refractivity contribution >= 4 is 51.9 Å². The van der Waals surface area contributed by atoms with Crippen molar-refractivity contribution in [1.82, 2.24) is 0 Å². The monoisotopic (exact) mass is 303 g/mol. The van der Waals surface area contributed by atoms with Crippen LogP contribution in [0.1, 0.15) is 0 Å². The van der Waals surface area contributed by atoms with Gasteiger partial charge in [0.15, 0.2) is 0 Å². The number of fused-ring (bicyclic) bond motifs is 3.